The Balaban J connectivity index is 2.11. The average Bonchev–Trinajstić information content (AvgIpc) is 3.64. The van der Waals surface area contributed by atoms with Gasteiger partial charge in [0.2, 0.25) is 12.3 Å². The number of benzene rings is 1. The molecule has 2 aromatic rings. The lowest BCUT2D eigenvalue weighted by molar-refractivity contribution is -0.153. The summed E-state index contributed by atoms with van der Waals surface area (Å²) in [5.41, 5.74) is 2.64. The highest BCUT2D eigenvalue weighted by atomic mass is 32.1. The van der Waals surface area contributed by atoms with Gasteiger partial charge in [-0.05, 0) is 62.4 Å². The van der Waals surface area contributed by atoms with E-state index in [2.05, 4.69) is 44.2 Å². The fourth-order valence-electron chi connectivity index (χ4n) is 5.81. The molecule has 3 rings (SSSR count). The predicted octanol–water partition coefficient (Wildman–Crippen LogP) is 6.91. The van der Waals surface area contributed by atoms with Gasteiger partial charge in [-0.15, -0.1) is 11.3 Å². The van der Waals surface area contributed by atoms with Crippen molar-refractivity contribution in [2.75, 3.05) is 13.2 Å². The highest BCUT2D eigenvalue weighted by Crippen LogP contribution is 2.41. The standard InChI is InChI=1S/C38H58N4O9SSi/c1-24-32(52-22-39-24)26-15-13-25(14-16-26)28(21-49-31(46)18-17-30(44)45)42(23-43)29-19-27(51-53(11,12)38(8,9)10)20-41(29)34(47)33(36(2,3)4)40-35(48)50-37(5,6)7/h13-16,22-23,27-29,33H,17-21H2,1-12H3,(H,40,48)(H,44,45)/t27-,28+,29-,33-/m1/s1. The number of carboxylic acid groups (broad SMARTS) is 1. The molecule has 0 spiro atoms. The number of carbonyl (C=O) groups is 5. The summed E-state index contributed by atoms with van der Waals surface area (Å²) in [5, 5.41) is 11.8. The van der Waals surface area contributed by atoms with Crippen LogP contribution in [0.25, 0.3) is 10.4 Å². The minimum absolute atomic E-state index is 0.138. The number of amides is 3. The Bertz CT molecular complexity index is 1610. The van der Waals surface area contributed by atoms with Crippen molar-refractivity contribution in [2.24, 2.45) is 5.41 Å². The lowest BCUT2D eigenvalue weighted by atomic mass is 9.85. The van der Waals surface area contributed by atoms with Gasteiger partial charge in [0.1, 0.15) is 24.4 Å². The van der Waals surface area contributed by atoms with Gasteiger partial charge in [0.25, 0.3) is 0 Å². The van der Waals surface area contributed by atoms with Crippen LogP contribution in [0, 0.1) is 12.3 Å². The zero-order chi connectivity index (χ0) is 40.1. The highest BCUT2D eigenvalue weighted by molar-refractivity contribution is 7.13. The zero-order valence-corrected chi connectivity index (χ0v) is 35.1. The smallest absolute Gasteiger partial charge is 0.408 e. The Morgan fingerprint density at radius 1 is 1.06 bits per heavy atom. The SMILES string of the molecule is Cc1ncsc1-c1ccc([C@H](COC(=O)CCC(=O)O)N(C=O)[C@@H]2C[C@@H](O[Si](C)(C)C(C)(C)C)CN2C(=O)[C@@H](NC(=O)OC(C)(C)C)C(C)(C)C)cc1. The number of rotatable bonds is 14. The number of carbonyl (C=O) groups excluding carboxylic acids is 4. The summed E-state index contributed by atoms with van der Waals surface area (Å²) in [7, 11) is -2.36. The maximum atomic E-state index is 14.7. The van der Waals surface area contributed by atoms with Crippen molar-refractivity contribution < 1.29 is 43.0 Å². The lowest BCUT2D eigenvalue weighted by Gasteiger charge is -2.41. The minimum Gasteiger partial charge on any atom is -0.481 e. The van der Waals surface area contributed by atoms with Gasteiger partial charge in [-0.25, -0.2) is 9.78 Å². The van der Waals surface area contributed by atoms with Crippen LogP contribution in [-0.2, 0) is 33.1 Å². The fraction of sp³-hybridized carbons (Fsp3) is 0.632. The number of hydrogen-bond donors (Lipinski definition) is 2. The summed E-state index contributed by atoms with van der Waals surface area (Å²) < 4.78 is 18.0. The van der Waals surface area contributed by atoms with E-state index in [1.165, 1.54) is 16.2 Å². The number of alkyl carbamates (subject to hydrolysis) is 1. The van der Waals surface area contributed by atoms with E-state index in [0.29, 0.717) is 12.0 Å². The molecule has 1 aliphatic rings. The number of esters is 1. The Hall–Kier alpha value is -3.82. The third-order valence-corrected chi connectivity index (χ3v) is 15.1. The minimum atomic E-state index is -2.36. The van der Waals surface area contributed by atoms with Crippen LogP contribution in [0.15, 0.2) is 29.8 Å². The summed E-state index contributed by atoms with van der Waals surface area (Å²) in [6.45, 7) is 23.1. The number of carboxylic acids is 1. The van der Waals surface area contributed by atoms with E-state index in [0.717, 1.165) is 16.1 Å². The van der Waals surface area contributed by atoms with Crippen molar-refractivity contribution >= 4 is 50.0 Å². The number of likely N-dealkylation sites (tertiary alicyclic amines) is 1. The first kappa shape index (κ1) is 43.6. The number of nitrogens with zero attached hydrogens (tertiary/aromatic N) is 3. The number of aromatic nitrogens is 1. The predicted molar refractivity (Wildman–Crippen MR) is 206 cm³/mol. The summed E-state index contributed by atoms with van der Waals surface area (Å²) in [4.78, 5) is 73.4. The summed E-state index contributed by atoms with van der Waals surface area (Å²) in [5.74, 6) is -2.29. The maximum absolute atomic E-state index is 14.7. The molecule has 1 aromatic heterocycles. The Kier molecular flexibility index (Phi) is 14.1. The molecule has 13 nitrogen and oxygen atoms in total. The second-order valence-electron chi connectivity index (χ2n) is 17.2. The number of aliphatic carboxylic acids is 1. The molecule has 1 saturated heterocycles. The zero-order valence-electron chi connectivity index (χ0n) is 33.3. The average molecular weight is 775 g/mol. The molecule has 2 N–H and O–H groups in total. The highest BCUT2D eigenvalue weighted by Gasteiger charge is 2.49. The van der Waals surface area contributed by atoms with Crippen LogP contribution in [-0.4, -0.2) is 95.6 Å². The monoisotopic (exact) mass is 774 g/mol. The van der Waals surface area contributed by atoms with Crippen molar-refractivity contribution in [1.29, 1.82) is 0 Å². The molecule has 0 radical (unpaired) electrons. The van der Waals surface area contributed by atoms with E-state index in [9.17, 15) is 24.0 Å². The lowest BCUT2D eigenvalue weighted by Crippen LogP contribution is -2.59. The molecule has 1 aliphatic heterocycles. The van der Waals surface area contributed by atoms with Crippen LogP contribution < -0.4 is 5.32 Å². The van der Waals surface area contributed by atoms with Gasteiger partial charge in [0.05, 0.1) is 41.1 Å². The molecule has 53 heavy (non-hydrogen) atoms. The van der Waals surface area contributed by atoms with Gasteiger partial charge >= 0.3 is 18.0 Å². The van der Waals surface area contributed by atoms with Crippen LogP contribution in [0.1, 0.15) is 98.9 Å². The molecular formula is C38H58N4O9SSi. The summed E-state index contributed by atoms with van der Waals surface area (Å²) in [6.07, 6.45) is -1.88. The van der Waals surface area contributed by atoms with E-state index in [1.807, 2.05) is 52.0 Å². The molecule has 0 bridgehead atoms. The molecule has 2 heterocycles. The molecule has 0 unspecified atom stereocenters. The van der Waals surface area contributed by atoms with E-state index in [-0.39, 0.29) is 31.0 Å². The number of nitrogens with one attached hydrogen (secondary N) is 1. The van der Waals surface area contributed by atoms with E-state index in [4.69, 9.17) is 19.0 Å². The fourth-order valence-corrected chi connectivity index (χ4v) is 7.98. The molecular weight excluding hydrogens is 717 g/mol. The van der Waals surface area contributed by atoms with Crippen molar-refractivity contribution in [3.63, 3.8) is 0 Å². The van der Waals surface area contributed by atoms with Gasteiger partial charge in [-0.1, -0.05) is 65.8 Å². The van der Waals surface area contributed by atoms with Crippen molar-refractivity contribution in [1.82, 2.24) is 20.1 Å². The summed E-state index contributed by atoms with van der Waals surface area (Å²) in [6, 6.07) is 5.59. The Labute approximate surface area is 318 Å². The van der Waals surface area contributed by atoms with Crippen molar-refractivity contribution in [2.45, 2.75) is 137 Å². The van der Waals surface area contributed by atoms with Crippen molar-refractivity contribution in [3.8, 4) is 10.4 Å². The summed E-state index contributed by atoms with van der Waals surface area (Å²) >= 11 is 1.50. The van der Waals surface area contributed by atoms with Crippen LogP contribution >= 0.6 is 11.3 Å². The molecule has 3 amide bonds. The molecule has 0 saturated carbocycles. The number of hydrogen-bond acceptors (Lipinski definition) is 10. The van der Waals surface area contributed by atoms with E-state index >= 15 is 0 Å². The van der Waals surface area contributed by atoms with Crippen molar-refractivity contribution in [3.05, 3.63) is 41.0 Å². The first-order valence-electron chi connectivity index (χ1n) is 17.9. The second-order valence-corrected chi connectivity index (χ2v) is 22.8. The van der Waals surface area contributed by atoms with Gasteiger partial charge in [-0.2, -0.15) is 0 Å². The molecule has 15 heteroatoms. The van der Waals surface area contributed by atoms with Crippen LogP contribution in [0.5, 0.6) is 0 Å². The Morgan fingerprint density at radius 2 is 1.68 bits per heavy atom. The van der Waals surface area contributed by atoms with Crippen LogP contribution in [0.4, 0.5) is 4.79 Å². The van der Waals surface area contributed by atoms with Gasteiger partial charge in [0, 0.05) is 13.0 Å². The van der Waals surface area contributed by atoms with Gasteiger partial charge < -0.3 is 34.1 Å². The third-order valence-electron chi connectivity index (χ3n) is 9.63. The third kappa shape index (κ3) is 11.8. The largest absolute Gasteiger partial charge is 0.481 e. The topological polar surface area (TPSA) is 165 Å². The van der Waals surface area contributed by atoms with Crippen LogP contribution in [0.3, 0.4) is 0 Å². The van der Waals surface area contributed by atoms with E-state index in [1.54, 1.807) is 31.2 Å². The van der Waals surface area contributed by atoms with E-state index < -0.39 is 74.0 Å². The van der Waals surface area contributed by atoms with Gasteiger partial charge in [-0.3, -0.25) is 19.2 Å². The molecule has 1 fully saturated rings. The van der Waals surface area contributed by atoms with Gasteiger partial charge in [0.15, 0.2) is 8.32 Å². The van der Waals surface area contributed by atoms with Crippen LogP contribution in [0.2, 0.25) is 18.1 Å². The number of ether oxygens (including phenoxy) is 2. The first-order valence-corrected chi connectivity index (χ1v) is 21.7. The Morgan fingerprint density at radius 3 is 2.17 bits per heavy atom. The second kappa shape index (κ2) is 17.1. The normalized spacial score (nSPS) is 17.8. The molecule has 1 aromatic carbocycles. The maximum Gasteiger partial charge on any atom is 0.408 e. The molecule has 4 atom stereocenters. The molecule has 294 valence electrons. The number of aryl methyl sites for hydroxylation is 1. The quantitative estimate of drug-likeness (QED) is 0.117. The number of thiazole rings is 1. The molecule has 0 aliphatic carbocycles. The first-order chi connectivity index (χ1) is 24.3.